The highest BCUT2D eigenvalue weighted by Gasteiger charge is 2.17. The van der Waals surface area contributed by atoms with Crippen LogP contribution in [-0.4, -0.2) is 19.1 Å². The number of nitrogens with zero attached hydrogens (tertiary/aromatic N) is 2. The van der Waals surface area contributed by atoms with Crippen LogP contribution in [0.15, 0.2) is 41.5 Å². The topological polar surface area (TPSA) is 56.9 Å². The molecule has 0 aliphatic rings. The van der Waals surface area contributed by atoms with E-state index in [0.717, 1.165) is 0 Å². The number of hydrogen-bond donors (Lipinski definition) is 0. The molecule has 7 heteroatoms. The van der Waals surface area contributed by atoms with Gasteiger partial charge >= 0.3 is 0 Å². The van der Waals surface area contributed by atoms with Crippen LogP contribution in [0.3, 0.4) is 0 Å². The van der Waals surface area contributed by atoms with Crippen LogP contribution in [0.5, 0.6) is 11.5 Å². The second-order valence-electron chi connectivity index (χ2n) is 3.96. The largest absolute Gasteiger partial charge is 0.594 e. The van der Waals surface area contributed by atoms with Crippen LogP contribution < -0.4 is 9.47 Å². The van der Waals surface area contributed by atoms with E-state index in [1.165, 1.54) is 14.2 Å². The zero-order chi connectivity index (χ0) is 15.4. The lowest BCUT2D eigenvalue weighted by Crippen LogP contribution is -1.95. The molecule has 0 fully saturated rings. The van der Waals surface area contributed by atoms with Gasteiger partial charge in [-0.15, -0.1) is 0 Å². The van der Waals surface area contributed by atoms with Crippen LogP contribution >= 0.6 is 23.2 Å². The van der Waals surface area contributed by atoms with Crippen molar-refractivity contribution in [2.24, 2.45) is 5.11 Å². The van der Waals surface area contributed by atoms with Gasteiger partial charge in [-0.05, 0) is 23.1 Å². The average molecular weight is 327 g/mol. The Bertz CT molecular complexity index is 690. The van der Waals surface area contributed by atoms with Gasteiger partial charge in [-0.1, -0.05) is 35.3 Å². The fourth-order valence-electron chi connectivity index (χ4n) is 1.71. The molecular weight excluding hydrogens is 315 g/mol. The third-order valence-corrected chi connectivity index (χ3v) is 3.53. The first kappa shape index (κ1) is 15.4. The monoisotopic (exact) mass is 326 g/mol. The summed E-state index contributed by atoms with van der Waals surface area (Å²) in [6, 6.07) is 9.86. The molecule has 0 spiro atoms. The zero-order valence-corrected chi connectivity index (χ0v) is 12.9. The summed E-state index contributed by atoms with van der Waals surface area (Å²) >= 11 is 12.0. The number of methoxy groups -OCH3 is 2. The van der Waals surface area contributed by atoms with Crippen LogP contribution in [0.2, 0.25) is 10.0 Å². The second kappa shape index (κ2) is 6.65. The van der Waals surface area contributed by atoms with E-state index in [1.807, 2.05) is 0 Å². The van der Waals surface area contributed by atoms with Crippen molar-refractivity contribution in [2.75, 3.05) is 14.2 Å². The van der Waals surface area contributed by atoms with Gasteiger partial charge in [0.15, 0.2) is 17.2 Å². The van der Waals surface area contributed by atoms with Gasteiger partial charge in [0.2, 0.25) is 0 Å². The van der Waals surface area contributed by atoms with E-state index in [1.54, 1.807) is 36.4 Å². The standard InChI is InChI=1S/C14H12Cl2N2O3/c1-20-11-6-4-3-5-10(11)18(19)17-14-12(21-2)8-7-9(15)13(14)16/h3-8H,1-2H3. The lowest BCUT2D eigenvalue weighted by molar-refractivity contribution is -0.436. The van der Waals surface area contributed by atoms with Gasteiger partial charge in [0, 0.05) is 11.2 Å². The molecule has 0 heterocycles. The van der Waals surface area contributed by atoms with Gasteiger partial charge in [-0.25, -0.2) is 0 Å². The summed E-state index contributed by atoms with van der Waals surface area (Å²) in [4.78, 5) is 0.416. The highest BCUT2D eigenvalue weighted by atomic mass is 35.5. The molecular formula is C14H12Cl2N2O3. The molecule has 0 unspecified atom stereocenters. The summed E-state index contributed by atoms with van der Waals surface area (Å²) in [7, 11) is 2.93. The number of para-hydroxylation sites is 2. The third kappa shape index (κ3) is 3.20. The number of azo groups is 1. The summed E-state index contributed by atoms with van der Waals surface area (Å²) in [5, 5.41) is 16.6. The van der Waals surface area contributed by atoms with E-state index in [-0.39, 0.29) is 21.4 Å². The Hall–Kier alpha value is -1.98. The molecule has 2 aromatic carbocycles. The van der Waals surface area contributed by atoms with Gasteiger partial charge < -0.3 is 14.7 Å². The summed E-state index contributed by atoms with van der Waals surface area (Å²) in [5.74, 6) is 0.744. The van der Waals surface area contributed by atoms with Gasteiger partial charge in [-0.3, -0.25) is 0 Å². The zero-order valence-electron chi connectivity index (χ0n) is 11.3. The van der Waals surface area contributed by atoms with E-state index >= 15 is 0 Å². The minimum atomic E-state index is 0.145. The Morgan fingerprint density at radius 1 is 1.00 bits per heavy atom. The quantitative estimate of drug-likeness (QED) is 0.454. The molecule has 0 aliphatic heterocycles. The molecule has 0 amide bonds. The van der Waals surface area contributed by atoms with E-state index in [4.69, 9.17) is 32.7 Å². The summed E-state index contributed by atoms with van der Waals surface area (Å²) in [6.45, 7) is 0. The highest BCUT2D eigenvalue weighted by molar-refractivity contribution is 6.43. The van der Waals surface area contributed by atoms with Crippen molar-refractivity contribution in [3.8, 4) is 11.5 Å². The van der Waals surface area contributed by atoms with Crippen LogP contribution in [0.1, 0.15) is 0 Å². The molecule has 0 aromatic heterocycles. The molecule has 0 bridgehead atoms. The molecule has 5 nitrogen and oxygen atoms in total. The summed E-state index contributed by atoms with van der Waals surface area (Å²) in [6.07, 6.45) is 0. The van der Waals surface area contributed by atoms with Gasteiger partial charge in [0.05, 0.1) is 24.3 Å². The first-order valence-electron chi connectivity index (χ1n) is 5.92. The van der Waals surface area contributed by atoms with Gasteiger partial charge in [0.25, 0.3) is 5.69 Å². The minimum absolute atomic E-state index is 0.145. The average Bonchev–Trinajstić information content (AvgIpc) is 2.52. The van der Waals surface area contributed by atoms with Crippen LogP contribution in [0.4, 0.5) is 11.4 Å². The molecule has 0 atom stereocenters. The maximum Gasteiger partial charge on any atom is 0.286 e. The summed E-state index contributed by atoms with van der Waals surface area (Å²) < 4.78 is 10.3. The SMILES string of the molecule is COc1ccccc1[N+]([O-])=Nc1c(OC)ccc(Cl)c1Cl. The van der Waals surface area contributed by atoms with Gasteiger partial charge in [-0.2, -0.15) is 0 Å². The molecule has 2 rings (SSSR count). The van der Waals surface area contributed by atoms with Crippen molar-refractivity contribution in [1.29, 1.82) is 0 Å². The predicted octanol–water partition coefficient (Wildman–Crippen LogP) is 4.94. The van der Waals surface area contributed by atoms with Crippen molar-refractivity contribution in [2.45, 2.75) is 0 Å². The van der Waals surface area contributed by atoms with Crippen LogP contribution in [0.25, 0.3) is 0 Å². The van der Waals surface area contributed by atoms with Crippen molar-refractivity contribution >= 4 is 34.6 Å². The number of ether oxygens (including phenoxy) is 2. The first-order chi connectivity index (χ1) is 10.1. The Balaban J connectivity index is 2.55. The van der Waals surface area contributed by atoms with Crippen molar-refractivity contribution in [1.82, 2.24) is 0 Å². The molecule has 21 heavy (non-hydrogen) atoms. The molecule has 0 aliphatic carbocycles. The molecule has 2 aromatic rings. The maximum atomic E-state index is 12.2. The molecule has 0 N–H and O–H groups in total. The number of benzene rings is 2. The van der Waals surface area contributed by atoms with Crippen molar-refractivity contribution in [3.05, 3.63) is 51.7 Å². The smallest absolute Gasteiger partial charge is 0.286 e. The Labute approximate surface area is 131 Å². The lowest BCUT2D eigenvalue weighted by Gasteiger charge is -2.08. The van der Waals surface area contributed by atoms with Crippen LogP contribution in [-0.2, 0) is 0 Å². The van der Waals surface area contributed by atoms with E-state index < -0.39 is 0 Å². The van der Waals surface area contributed by atoms with Crippen molar-refractivity contribution < 1.29 is 14.3 Å². The molecule has 0 saturated heterocycles. The Morgan fingerprint density at radius 2 is 1.67 bits per heavy atom. The Morgan fingerprint density at radius 3 is 2.33 bits per heavy atom. The number of hydrogen-bond acceptors (Lipinski definition) is 4. The molecule has 0 saturated carbocycles. The minimum Gasteiger partial charge on any atom is -0.594 e. The predicted molar refractivity (Wildman–Crippen MR) is 81.4 cm³/mol. The van der Waals surface area contributed by atoms with E-state index in [2.05, 4.69) is 5.11 Å². The normalized spacial score (nSPS) is 11.3. The van der Waals surface area contributed by atoms with Crippen LogP contribution in [0, 0.1) is 5.21 Å². The Kier molecular flexibility index (Phi) is 4.88. The molecule has 0 radical (unpaired) electrons. The van der Waals surface area contributed by atoms with Crippen molar-refractivity contribution in [3.63, 3.8) is 0 Å². The summed E-state index contributed by atoms with van der Waals surface area (Å²) in [5.41, 5.74) is 0.408. The van der Waals surface area contributed by atoms with E-state index in [0.29, 0.717) is 16.4 Å². The fraction of sp³-hybridized carbons (Fsp3) is 0.143. The fourth-order valence-corrected chi connectivity index (χ4v) is 2.06. The third-order valence-electron chi connectivity index (χ3n) is 2.73. The number of rotatable bonds is 4. The second-order valence-corrected chi connectivity index (χ2v) is 4.74. The number of halogens is 2. The lowest BCUT2D eigenvalue weighted by atomic mass is 10.3. The van der Waals surface area contributed by atoms with Gasteiger partial charge in [0.1, 0.15) is 0 Å². The highest BCUT2D eigenvalue weighted by Crippen LogP contribution is 2.41. The maximum absolute atomic E-state index is 12.2. The van der Waals surface area contributed by atoms with E-state index in [9.17, 15) is 5.21 Å². The molecule has 110 valence electrons. The first-order valence-corrected chi connectivity index (χ1v) is 6.68.